The first-order valence-corrected chi connectivity index (χ1v) is 7.83. The minimum absolute atomic E-state index is 0.00597. The molecular formula is C14H26N6O2. The Hall–Kier alpha value is -1.54. The Kier molecular flexibility index (Phi) is 5.84. The van der Waals surface area contributed by atoms with Gasteiger partial charge in [-0.3, -0.25) is 9.69 Å². The van der Waals surface area contributed by atoms with Crippen LogP contribution >= 0.6 is 0 Å². The van der Waals surface area contributed by atoms with E-state index in [9.17, 15) is 4.79 Å². The normalized spacial score (nSPS) is 18.7. The van der Waals surface area contributed by atoms with Crippen molar-refractivity contribution in [1.82, 2.24) is 25.1 Å². The SMILES string of the molecule is COCCn1nnnc1[C@@H](C(C)C)N1CCC(C(N)=O)CC1. The highest BCUT2D eigenvalue weighted by Gasteiger charge is 2.33. The van der Waals surface area contributed by atoms with Crippen molar-refractivity contribution < 1.29 is 9.53 Å². The summed E-state index contributed by atoms with van der Waals surface area (Å²) in [5.41, 5.74) is 5.41. The lowest BCUT2D eigenvalue weighted by atomic mass is 9.92. The quantitative estimate of drug-likeness (QED) is 0.773. The molecule has 1 aromatic rings. The number of tetrazole rings is 1. The van der Waals surface area contributed by atoms with Gasteiger partial charge in [-0.1, -0.05) is 13.8 Å². The van der Waals surface area contributed by atoms with E-state index in [0.29, 0.717) is 19.1 Å². The summed E-state index contributed by atoms with van der Waals surface area (Å²) >= 11 is 0. The molecule has 0 saturated carbocycles. The zero-order valence-electron chi connectivity index (χ0n) is 13.6. The van der Waals surface area contributed by atoms with Crippen LogP contribution in [0.4, 0.5) is 0 Å². The van der Waals surface area contributed by atoms with Gasteiger partial charge in [0, 0.05) is 13.0 Å². The number of likely N-dealkylation sites (tertiary alicyclic amines) is 1. The van der Waals surface area contributed by atoms with Gasteiger partial charge in [-0.2, -0.15) is 0 Å². The summed E-state index contributed by atoms with van der Waals surface area (Å²) < 4.78 is 6.93. The first-order chi connectivity index (χ1) is 10.5. The second kappa shape index (κ2) is 7.64. The van der Waals surface area contributed by atoms with E-state index >= 15 is 0 Å². The van der Waals surface area contributed by atoms with Crippen LogP contribution in [0.2, 0.25) is 0 Å². The van der Waals surface area contributed by atoms with Crippen molar-refractivity contribution in [2.24, 2.45) is 17.6 Å². The van der Waals surface area contributed by atoms with E-state index in [0.717, 1.165) is 31.8 Å². The maximum atomic E-state index is 11.3. The summed E-state index contributed by atoms with van der Waals surface area (Å²) in [6.45, 7) is 7.23. The molecule has 0 unspecified atom stereocenters. The number of methoxy groups -OCH3 is 1. The summed E-state index contributed by atoms with van der Waals surface area (Å²) in [5, 5.41) is 12.1. The third kappa shape index (κ3) is 3.80. The zero-order chi connectivity index (χ0) is 16.1. The topological polar surface area (TPSA) is 99.2 Å². The Morgan fingerprint density at radius 2 is 2.09 bits per heavy atom. The van der Waals surface area contributed by atoms with Crippen molar-refractivity contribution in [2.75, 3.05) is 26.8 Å². The molecule has 8 heteroatoms. The van der Waals surface area contributed by atoms with E-state index in [1.807, 2.05) is 4.68 Å². The average Bonchev–Trinajstić information content (AvgIpc) is 2.93. The molecule has 1 aliphatic rings. The van der Waals surface area contributed by atoms with Gasteiger partial charge in [0.1, 0.15) is 0 Å². The van der Waals surface area contributed by atoms with E-state index in [2.05, 4.69) is 34.3 Å². The summed E-state index contributed by atoms with van der Waals surface area (Å²) in [4.78, 5) is 13.7. The highest BCUT2D eigenvalue weighted by molar-refractivity contribution is 5.76. The second-order valence-electron chi connectivity index (χ2n) is 6.15. The molecular weight excluding hydrogens is 284 g/mol. The molecule has 0 aromatic carbocycles. The highest BCUT2D eigenvalue weighted by atomic mass is 16.5. The summed E-state index contributed by atoms with van der Waals surface area (Å²) in [7, 11) is 1.67. The molecule has 22 heavy (non-hydrogen) atoms. The van der Waals surface area contributed by atoms with Gasteiger partial charge in [-0.25, -0.2) is 4.68 Å². The fourth-order valence-electron chi connectivity index (χ4n) is 3.11. The Morgan fingerprint density at radius 3 is 2.64 bits per heavy atom. The number of ether oxygens (including phenoxy) is 1. The summed E-state index contributed by atoms with van der Waals surface area (Å²) in [6, 6.07) is 0.140. The molecule has 0 spiro atoms. The molecule has 0 aliphatic carbocycles. The van der Waals surface area contributed by atoms with Crippen LogP contribution in [0.5, 0.6) is 0 Å². The third-order valence-electron chi connectivity index (χ3n) is 4.29. The molecule has 2 heterocycles. The number of nitrogens with two attached hydrogens (primary N) is 1. The predicted octanol–water partition coefficient (Wildman–Crippen LogP) is 0.214. The number of aromatic nitrogens is 4. The van der Waals surface area contributed by atoms with Crippen LogP contribution in [0.3, 0.4) is 0 Å². The van der Waals surface area contributed by atoms with Gasteiger partial charge < -0.3 is 10.5 Å². The van der Waals surface area contributed by atoms with E-state index in [4.69, 9.17) is 10.5 Å². The Bertz CT molecular complexity index is 481. The maximum Gasteiger partial charge on any atom is 0.220 e. The number of primary amides is 1. The highest BCUT2D eigenvalue weighted by Crippen LogP contribution is 2.30. The van der Waals surface area contributed by atoms with Crippen molar-refractivity contribution in [2.45, 2.75) is 39.3 Å². The lowest BCUT2D eigenvalue weighted by Crippen LogP contribution is -2.42. The van der Waals surface area contributed by atoms with Crippen LogP contribution in [0.1, 0.15) is 38.6 Å². The van der Waals surface area contributed by atoms with Gasteiger partial charge in [-0.15, -0.1) is 5.10 Å². The molecule has 1 atom stereocenters. The molecule has 8 nitrogen and oxygen atoms in total. The van der Waals surface area contributed by atoms with Crippen LogP contribution in [-0.2, 0) is 16.1 Å². The van der Waals surface area contributed by atoms with E-state index in [1.165, 1.54) is 0 Å². The molecule has 1 fully saturated rings. The first-order valence-electron chi connectivity index (χ1n) is 7.83. The molecule has 1 aromatic heterocycles. The van der Waals surface area contributed by atoms with E-state index in [-0.39, 0.29) is 17.9 Å². The third-order valence-corrected chi connectivity index (χ3v) is 4.29. The summed E-state index contributed by atoms with van der Waals surface area (Å²) in [5.74, 6) is 1.04. The monoisotopic (exact) mass is 310 g/mol. The van der Waals surface area contributed by atoms with Crippen LogP contribution < -0.4 is 5.73 Å². The van der Waals surface area contributed by atoms with Crippen molar-refractivity contribution in [1.29, 1.82) is 0 Å². The molecule has 2 N–H and O–H groups in total. The minimum Gasteiger partial charge on any atom is -0.383 e. The lowest BCUT2D eigenvalue weighted by molar-refractivity contribution is -0.123. The Balaban J connectivity index is 2.11. The Labute approximate surface area is 131 Å². The number of piperidine rings is 1. The molecule has 0 radical (unpaired) electrons. The maximum absolute atomic E-state index is 11.3. The van der Waals surface area contributed by atoms with Crippen molar-refractivity contribution >= 4 is 5.91 Å². The zero-order valence-corrected chi connectivity index (χ0v) is 13.6. The molecule has 1 amide bonds. The van der Waals surface area contributed by atoms with E-state index < -0.39 is 0 Å². The molecule has 124 valence electrons. The number of hydrogen-bond acceptors (Lipinski definition) is 6. The molecule has 0 bridgehead atoms. The van der Waals surface area contributed by atoms with E-state index in [1.54, 1.807) is 7.11 Å². The van der Waals surface area contributed by atoms with Gasteiger partial charge in [0.15, 0.2) is 5.82 Å². The van der Waals surface area contributed by atoms with Gasteiger partial charge in [0.2, 0.25) is 5.91 Å². The number of carbonyl (C=O) groups is 1. The second-order valence-corrected chi connectivity index (χ2v) is 6.15. The summed E-state index contributed by atoms with van der Waals surface area (Å²) in [6.07, 6.45) is 1.61. The van der Waals surface area contributed by atoms with Crippen LogP contribution in [0.25, 0.3) is 0 Å². The van der Waals surface area contributed by atoms with Crippen molar-refractivity contribution in [3.8, 4) is 0 Å². The fourth-order valence-corrected chi connectivity index (χ4v) is 3.11. The van der Waals surface area contributed by atoms with Crippen LogP contribution in [0.15, 0.2) is 0 Å². The average molecular weight is 310 g/mol. The number of amides is 1. The molecule has 1 saturated heterocycles. The molecule has 2 rings (SSSR count). The van der Waals surface area contributed by atoms with Gasteiger partial charge >= 0.3 is 0 Å². The largest absolute Gasteiger partial charge is 0.383 e. The lowest BCUT2D eigenvalue weighted by Gasteiger charge is -2.37. The van der Waals surface area contributed by atoms with Gasteiger partial charge in [-0.05, 0) is 42.3 Å². The van der Waals surface area contributed by atoms with Gasteiger partial charge in [0.05, 0.1) is 19.2 Å². The fraction of sp³-hybridized carbons (Fsp3) is 0.857. The standard InChI is InChI=1S/C14H26N6O2/c1-10(2)12(14-16-17-18-20(14)8-9-22-3)19-6-4-11(5-7-19)13(15)21/h10-12H,4-9H2,1-3H3,(H2,15,21)/t12-/m1/s1. The number of nitrogens with zero attached hydrogens (tertiary/aromatic N) is 5. The van der Waals surface area contributed by atoms with Crippen molar-refractivity contribution in [3.05, 3.63) is 5.82 Å². The van der Waals surface area contributed by atoms with Crippen LogP contribution in [0, 0.1) is 11.8 Å². The number of carbonyl (C=O) groups excluding carboxylic acids is 1. The number of hydrogen-bond donors (Lipinski definition) is 1. The smallest absolute Gasteiger partial charge is 0.220 e. The molecule has 1 aliphatic heterocycles. The number of rotatable bonds is 7. The minimum atomic E-state index is -0.189. The Morgan fingerprint density at radius 1 is 1.41 bits per heavy atom. The first kappa shape index (κ1) is 16.8. The predicted molar refractivity (Wildman–Crippen MR) is 80.8 cm³/mol. The van der Waals surface area contributed by atoms with Crippen molar-refractivity contribution in [3.63, 3.8) is 0 Å². The van der Waals surface area contributed by atoms with Crippen LogP contribution in [-0.4, -0.2) is 57.8 Å². The van der Waals surface area contributed by atoms with Gasteiger partial charge in [0.25, 0.3) is 0 Å².